The molecule has 1 heterocycles. The molecule has 7 atom stereocenters. The number of hydrogen-bond donors (Lipinski definition) is 11. The average molecular weight is 742 g/mol. The number of carboxylic acids is 3. The standard InChI is InChI=1S/C27H31NO11.C6H8O7/c1-10-22(31)13(28)6-17(38-10)39-15-8-27(36,16(30)9-29)7-12-19(15)26(35)21-20(24(12)33)23(32)11-4-3-5-14(37-2)18(11)25(21)34;7-3(8)1-6(13,5(11)12)2-4(9)10/h3-5,10,13,15-17,22,29-31,33,35-36H,6-9,28H2,1-2H3;13H,1-2H2,(H,7,8)(H,9,10)(H,11,12)/t10-,13-,15-,16-,17-,22+,27-;/m0./s1/i2+1D3;. The van der Waals surface area contributed by atoms with Crippen molar-refractivity contribution in [3.63, 3.8) is 0 Å². The van der Waals surface area contributed by atoms with Gasteiger partial charge in [-0.3, -0.25) is 19.2 Å². The fraction of sp³-hybridized carbons (Fsp3) is 0.485. The summed E-state index contributed by atoms with van der Waals surface area (Å²) in [7, 11) is -2.97. The van der Waals surface area contributed by atoms with E-state index in [4.69, 9.17) is 44.5 Å². The molecule has 0 radical (unpaired) electrons. The number of rotatable bonds is 10. The Labute approximate surface area is 298 Å². The van der Waals surface area contributed by atoms with Crippen molar-refractivity contribution < 1.29 is 93.4 Å². The van der Waals surface area contributed by atoms with Gasteiger partial charge in [0.1, 0.15) is 23.4 Å². The predicted octanol–water partition coefficient (Wildman–Crippen LogP) is -1.46. The van der Waals surface area contributed by atoms with Crippen LogP contribution in [0.3, 0.4) is 0 Å². The molecule has 52 heavy (non-hydrogen) atoms. The van der Waals surface area contributed by atoms with Gasteiger partial charge >= 0.3 is 17.9 Å². The molecular formula is C33H39NO18. The Morgan fingerprint density at radius 1 is 1.08 bits per heavy atom. The summed E-state index contributed by atoms with van der Waals surface area (Å²) < 4.78 is 39.0. The number of benzene rings is 2. The normalized spacial score (nSPS) is 26.9. The highest BCUT2D eigenvalue weighted by Crippen LogP contribution is 2.53. The van der Waals surface area contributed by atoms with Crippen molar-refractivity contribution in [2.45, 2.75) is 87.0 Å². The minimum absolute atomic E-state index is 0.0172. The number of aliphatic hydroxyl groups is 5. The molecule has 0 bridgehead atoms. The van der Waals surface area contributed by atoms with E-state index in [-0.39, 0.29) is 23.1 Å². The van der Waals surface area contributed by atoms with E-state index >= 15 is 0 Å². The molecular weight excluding hydrogens is 699 g/mol. The van der Waals surface area contributed by atoms with Crippen LogP contribution >= 0.6 is 0 Å². The molecule has 1 aliphatic heterocycles. The number of fused-ring (bicyclic) bond motifs is 3. The summed E-state index contributed by atoms with van der Waals surface area (Å²) in [5.74, 6) is -8.93. The number of nitrogens with two attached hydrogens (primary N) is 1. The van der Waals surface area contributed by atoms with E-state index in [1.807, 2.05) is 0 Å². The highest BCUT2D eigenvalue weighted by Gasteiger charge is 2.50. The number of ketones is 2. The molecule has 5 rings (SSSR count). The van der Waals surface area contributed by atoms with Crippen LogP contribution in [0.25, 0.3) is 0 Å². The molecule has 2 aromatic carbocycles. The molecule has 19 heteroatoms. The topological polar surface area (TPSA) is 341 Å². The van der Waals surface area contributed by atoms with E-state index in [1.54, 1.807) is 6.92 Å². The number of ether oxygens (including phenoxy) is 3. The monoisotopic (exact) mass is 741 g/mol. The second-order valence-corrected chi connectivity index (χ2v) is 12.7. The van der Waals surface area contributed by atoms with Crippen molar-refractivity contribution in [1.82, 2.24) is 0 Å². The fourth-order valence-electron chi connectivity index (χ4n) is 6.47. The first-order valence-electron chi connectivity index (χ1n) is 17.0. The van der Waals surface area contributed by atoms with Gasteiger partial charge in [0.25, 0.3) is 0 Å². The molecule has 3 aliphatic rings. The first kappa shape index (κ1) is 35.7. The lowest BCUT2D eigenvalue weighted by Crippen LogP contribution is -2.53. The van der Waals surface area contributed by atoms with Gasteiger partial charge in [0.15, 0.2) is 17.7 Å². The van der Waals surface area contributed by atoms with Gasteiger partial charge in [-0.25, -0.2) is 4.79 Å². The Hall–Kier alpha value is -4.73. The van der Waals surface area contributed by atoms with E-state index in [0.717, 1.165) is 0 Å². The quantitative estimate of drug-likeness (QED) is 0.0835. The Bertz CT molecular complexity index is 1860. The van der Waals surface area contributed by atoms with Crippen LogP contribution < -0.4 is 10.5 Å². The summed E-state index contributed by atoms with van der Waals surface area (Å²) in [5, 5.41) is 98.4. The summed E-state index contributed by atoms with van der Waals surface area (Å²) in [6.45, 7) is 0.683. The van der Waals surface area contributed by atoms with Crippen molar-refractivity contribution in [1.29, 1.82) is 0 Å². The summed E-state index contributed by atoms with van der Waals surface area (Å²) >= 11 is 0. The Morgan fingerprint density at radius 2 is 1.69 bits per heavy atom. The number of carboxylic acid groups (broad SMARTS) is 3. The highest BCUT2D eigenvalue weighted by molar-refractivity contribution is 6.31. The Balaban J connectivity index is 0.000000444. The van der Waals surface area contributed by atoms with Gasteiger partial charge < -0.3 is 71.0 Å². The molecule has 0 spiro atoms. The minimum atomic E-state index is -2.97. The molecule has 0 aromatic heterocycles. The van der Waals surface area contributed by atoms with E-state index in [0.29, 0.717) is 0 Å². The third-order valence-electron chi connectivity index (χ3n) is 9.14. The van der Waals surface area contributed by atoms with Crippen LogP contribution in [0, 0.1) is 0 Å². The van der Waals surface area contributed by atoms with Crippen LogP contribution in [0.1, 0.15) is 85.8 Å². The lowest BCUT2D eigenvalue weighted by Gasteiger charge is -2.44. The number of aromatic hydroxyl groups is 2. The largest absolute Gasteiger partial charge is 0.507 e. The van der Waals surface area contributed by atoms with Gasteiger partial charge in [0.05, 0.1) is 71.2 Å². The molecule has 2 aliphatic carbocycles. The lowest BCUT2D eigenvalue weighted by molar-refractivity contribution is -0.251. The maximum Gasteiger partial charge on any atom is 0.336 e. The lowest BCUT2D eigenvalue weighted by atomic mass is 9.71. The van der Waals surface area contributed by atoms with Crippen molar-refractivity contribution >= 4 is 29.5 Å². The number of phenols is 2. The van der Waals surface area contributed by atoms with Crippen LogP contribution in [0.5, 0.6) is 17.2 Å². The molecule has 284 valence electrons. The van der Waals surface area contributed by atoms with Gasteiger partial charge in [-0.2, -0.15) is 0 Å². The Morgan fingerprint density at radius 3 is 2.23 bits per heavy atom. The van der Waals surface area contributed by atoms with Gasteiger partial charge in [-0.05, 0) is 13.0 Å². The second-order valence-electron chi connectivity index (χ2n) is 12.7. The first-order chi connectivity index (χ1) is 25.4. The Kier molecular flexibility index (Phi) is 10.3. The number of methoxy groups -OCH3 is 1. The first-order valence-corrected chi connectivity index (χ1v) is 15.5. The van der Waals surface area contributed by atoms with Crippen LogP contribution in [0.2, 0.25) is 0 Å². The summed E-state index contributed by atoms with van der Waals surface area (Å²) in [5.41, 5.74) is -1.18. The zero-order valence-corrected chi connectivity index (χ0v) is 27.3. The molecule has 1 saturated heterocycles. The van der Waals surface area contributed by atoms with Crippen LogP contribution in [0.4, 0.5) is 0 Å². The molecule has 2 aromatic rings. The zero-order valence-electron chi connectivity index (χ0n) is 30.3. The summed E-state index contributed by atoms with van der Waals surface area (Å²) in [6, 6.07) is 2.94. The summed E-state index contributed by atoms with van der Waals surface area (Å²) in [4.78, 5) is 57.9. The van der Waals surface area contributed by atoms with Gasteiger partial charge in [-0.15, -0.1) is 0 Å². The van der Waals surface area contributed by atoms with E-state index in [9.17, 15) is 54.6 Å². The van der Waals surface area contributed by atoms with Gasteiger partial charge in [-0.1, -0.05) is 12.1 Å². The number of carbonyl (C=O) groups excluding carboxylic acids is 2. The number of carbonyl (C=O) groups is 5. The van der Waals surface area contributed by atoms with E-state index < -0.39 is 151 Å². The molecule has 12 N–H and O–H groups in total. The third-order valence-corrected chi connectivity index (χ3v) is 9.14. The van der Waals surface area contributed by atoms with Gasteiger partial charge in [0.2, 0.25) is 5.78 Å². The number of hydrogen-bond acceptors (Lipinski definition) is 16. The minimum Gasteiger partial charge on any atom is -0.507 e. The zero-order chi connectivity index (χ0) is 41.5. The fourth-order valence-corrected chi connectivity index (χ4v) is 6.47. The number of aliphatic carboxylic acids is 3. The van der Waals surface area contributed by atoms with Gasteiger partial charge in [0, 0.05) is 42.0 Å². The maximum absolute atomic E-state index is 13.8. The SMILES string of the molecule is O=C(O)CC(O)(CC(=O)O)C(=O)O.[2H][13C]([2H])([2H])Oc1cccc2c1C(=O)c1c(O)c3c(c(O)c1C2=O)C[C@@](O)([C@@H](O)CO)C[C@@H]3O[C@H]1C[C@H](N)[C@H](O)[C@H](C)O1. The third kappa shape index (κ3) is 7.43. The van der Waals surface area contributed by atoms with Crippen LogP contribution in [0.15, 0.2) is 18.2 Å². The second kappa shape index (κ2) is 15.1. The van der Waals surface area contributed by atoms with Crippen LogP contribution in [-0.4, -0.2) is 136 Å². The van der Waals surface area contributed by atoms with Crippen molar-refractivity contribution in [2.24, 2.45) is 5.73 Å². The molecule has 0 unspecified atom stereocenters. The van der Waals surface area contributed by atoms with Crippen molar-refractivity contribution in [2.75, 3.05) is 13.6 Å². The van der Waals surface area contributed by atoms with Crippen LogP contribution in [-0.2, 0) is 30.3 Å². The van der Waals surface area contributed by atoms with Crippen molar-refractivity contribution in [3.8, 4) is 17.2 Å². The molecule has 1 fully saturated rings. The average Bonchev–Trinajstić information content (AvgIpc) is 3.05. The van der Waals surface area contributed by atoms with E-state index in [1.165, 1.54) is 18.2 Å². The number of phenolic OH excluding ortho intramolecular Hbond substituents is 2. The van der Waals surface area contributed by atoms with Crippen molar-refractivity contribution in [3.05, 3.63) is 51.6 Å². The van der Waals surface area contributed by atoms with E-state index in [2.05, 4.69) is 0 Å². The maximum atomic E-state index is 13.8. The smallest absolute Gasteiger partial charge is 0.336 e. The predicted molar refractivity (Wildman–Crippen MR) is 170 cm³/mol. The number of aliphatic hydroxyl groups excluding tert-OH is 3. The molecule has 0 amide bonds. The summed E-state index contributed by atoms with van der Waals surface area (Å²) in [6.07, 6.45) is -9.28. The highest BCUT2D eigenvalue weighted by atomic mass is 16.7. The molecule has 0 saturated carbocycles. The molecule has 19 nitrogen and oxygen atoms in total.